The summed E-state index contributed by atoms with van der Waals surface area (Å²) in [4.78, 5) is 40.8. The first-order valence-electron chi connectivity index (χ1n) is 7.12. The van der Waals surface area contributed by atoms with Crippen molar-refractivity contribution in [2.24, 2.45) is 5.73 Å². The maximum atomic E-state index is 11.8. The van der Waals surface area contributed by atoms with Crippen LogP contribution in [0.2, 0.25) is 0 Å². The molecule has 0 saturated heterocycles. The van der Waals surface area contributed by atoms with Crippen LogP contribution >= 0.6 is 11.3 Å². The number of carbonyl (C=O) groups is 1. The van der Waals surface area contributed by atoms with Gasteiger partial charge in [0.2, 0.25) is 0 Å². The summed E-state index contributed by atoms with van der Waals surface area (Å²) in [6.45, 7) is 1.67. The number of aromatic nitrogens is 2. The van der Waals surface area contributed by atoms with Crippen molar-refractivity contribution < 1.29 is 9.72 Å². The van der Waals surface area contributed by atoms with Gasteiger partial charge in [-0.05, 0) is 19.1 Å². The van der Waals surface area contributed by atoms with Crippen molar-refractivity contribution in [3.8, 4) is 21.8 Å². The molecule has 9 heteroatoms. The van der Waals surface area contributed by atoms with Gasteiger partial charge in [0, 0.05) is 22.7 Å². The van der Waals surface area contributed by atoms with Crippen LogP contribution in [0.15, 0.2) is 40.5 Å². The van der Waals surface area contributed by atoms with Gasteiger partial charge in [0.15, 0.2) is 0 Å². The Kier molecular flexibility index (Phi) is 4.15. The first kappa shape index (κ1) is 16.5. The van der Waals surface area contributed by atoms with Crippen LogP contribution in [0.25, 0.3) is 21.8 Å². The smallest absolute Gasteiger partial charge is 0.279 e. The molecule has 2 aromatic heterocycles. The minimum absolute atomic E-state index is 0.0422. The number of rotatable bonds is 4. The van der Waals surface area contributed by atoms with Gasteiger partial charge in [-0.1, -0.05) is 12.1 Å². The molecule has 8 nitrogen and oxygen atoms in total. The number of nitro groups is 1. The summed E-state index contributed by atoms with van der Waals surface area (Å²) in [7, 11) is 0. The summed E-state index contributed by atoms with van der Waals surface area (Å²) < 4.78 is 0. The van der Waals surface area contributed by atoms with E-state index in [0.29, 0.717) is 27.5 Å². The van der Waals surface area contributed by atoms with Crippen LogP contribution in [0.4, 0.5) is 5.69 Å². The molecule has 1 aromatic carbocycles. The van der Waals surface area contributed by atoms with E-state index in [0.717, 1.165) is 0 Å². The van der Waals surface area contributed by atoms with Crippen LogP contribution in [0.1, 0.15) is 16.1 Å². The molecule has 3 aromatic rings. The highest BCUT2D eigenvalue weighted by molar-refractivity contribution is 7.13. The number of amides is 1. The molecular weight excluding hydrogens is 344 g/mol. The van der Waals surface area contributed by atoms with E-state index < -0.39 is 16.4 Å². The van der Waals surface area contributed by atoms with Crippen molar-refractivity contribution in [2.45, 2.75) is 6.92 Å². The van der Waals surface area contributed by atoms with E-state index in [2.05, 4.69) is 9.97 Å². The summed E-state index contributed by atoms with van der Waals surface area (Å²) in [6, 6.07) is 7.69. The maximum absolute atomic E-state index is 11.8. The number of pyridine rings is 1. The zero-order valence-corrected chi connectivity index (χ0v) is 13.8. The number of nitro benzene ring substituents is 1. The van der Waals surface area contributed by atoms with Gasteiger partial charge in [0.1, 0.15) is 10.6 Å². The van der Waals surface area contributed by atoms with Crippen LogP contribution in [-0.2, 0) is 0 Å². The van der Waals surface area contributed by atoms with Crippen molar-refractivity contribution in [1.29, 1.82) is 0 Å². The number of nitrogens with one attached hydrogen (secondary N) is 1. The predicted molar refractivity (Wildman–Crippen MR) is 93.5 cm³/mol. The SMILES string of the molecule is Cc1[nH]c(=O)c(C(N)=O)cc1-c1csc(-c2ccccc2[N+](=O)[O-])n1. The lowest BCUT2D eigenvalue weighted by Crippen LogP contribution is -2.24. The van der Waals surface area contributed by atoms with Crippen LogP contribution in [0, 0.1) is 17.0 Å². The molecule has 0 aliphatic heterocycles. The lowest BCUT2D eigenvalue weighted by molar-refractivity contribution is -0.384. The van der Waals surface area contributed by atoms with Crippen molar-refractivity contribution in [2.75, 3.05) is 0 Å². The predicted octanol–water partition coefficient (Wildman–Crippen LogP) is 2.48. The number of hydrogen-bond donors (Lipinski definition) is 2. The van der Waals surface area contributed by atoms with Crippen LogP contribution in [0.3, 0.4) is 0 Å². The van der Waals surface area contributed by atoms with Gasteiger partial charge >= 0.3 is 0 Å². The Morgan fingerprint density at radius 3 is 2.72 bits per heavy atom. The third kappa shape index (κ3) is 3.04. The highest BCUT2D eigenvalue weighted by Crippen LogP contribution is 2.34. The zero-order chi connectivity index (χ0) is 18.1. The van der Waals surface area contributed by atoms with Gasteiger partial charge in [0.25, 0.3) is 17.2 Å². The average molecular weight is 356 g/mol. The Bertz CT molecular complexity index is 1050. The molecule has 0 saturated carbocycles. The Morgan fingerprint density at radius 1 is 1.32 bits per heavy atom. The summed E-state index contributed by atoms with van der Waals surface area (Å²) in [5.74, 6) is -0.836. The quantitative estimate of drug-likeness (QED) is 0.547. The molecule has 0 atom stereocenters. The second kappa shape index (κ2) is 6.29. The normalized spacial score (nSPS) is 10.6. The molecule has 0 bridgehead atoms. The van der Waals surface area contributed by atoms with E-state index in [1.807, 2.05) is 0 Å². The number of nitrogens with zero attached hydrogens (tertiary/aromatic N) is 2. The first-order valence-corrected chi connectivity index (χ1v) is 8.00. The van der Waals surface area contributed by atoms with Crippen molar-refractivity contribution in [3.05, 3.63) is 67.4 Å². The minimum Gasteiger partial charge on any atom is -0.365 e. The number of thiazole rings is 1. The molecule has 25 heavy (non-hydrogen) atoms. The summed E-state index contributed by atoms with van der Waals surface area (Å²) in [5, 5.41) is 13.3. The monoisotopic (exact) mass is 356 g/mol. The Morgan fingerprint density at radius 2 is 2.04 bits per heavy atom. The molecule has 2 heterocycles. The fourth-order valence-electron chi connectivity index (χ4n) is 2.41. The maximum Gasteiger partial charge on any atom is 0.279 e. The number of hydrogen-bond acceptors (Lipinski definition) is 6. The number of para-hydroxylation sites is 1. The third-order valence-electron chi connectivity index (χ3n) is 3.62. The molecule has 3 N–H and O–H groups in total. The van der Waals surface area contributed by atoms with E-state index in [1.54, 1.807) is 30.5 Å². The molecule has 3 rings (SSSR count). The van der Waals surface area contributed by atoms with Gasteiger partial charge < -0.3 is 10.7 Å². The van der Waals surface area contributed by atoms with Gasteiger partial charge in [-0.2, -0.15) is 0 Å². The third-order valence-corrected chi connectivity index (χ3v) is 4.49. The minimum atomic E-state index is -0.836. The van der Waals surface area contributed by atoms with E-state index >= 15 is 0 Å². The molecule has 0 fully saturated rings. The Hall–Kier alpha value is -3.33. The molecule has 0 radical (unpaired) electrons. The lowest BCUT2D eigenvalue weighted by Gasteiger charge is -2.04. The number of aryl methyl sites for hydroxylation is 1. The number of H-pyrrole nitrogens is 1. The van der Waals surface area contributed by atoms with Crippen molar-refractivity contribution in [1.82, 2.24) is 9.97 Å². The van der Waals surface area contributed by atoms with Gasteiger partial charge in [-0.3, -0.25) is 19.7 Å². The molecule has 0 aliphatic carbocycles. The Balaban J connectivity index is 2.12. The highest BCUT2D eigenvalue weighted by Gasteiger charge is 2.19. The molecule has 0 unspecified atom stereocenters. The van der Waals surface area contributed by atoms with E-state index in [-0.39, 0.29) is 11.3 Å². The van der Waals surface area contributed by atoms with Gasteiger partial charge in [-0.25, -0.2) is 4.98 Å². The topological polar surface area (TPSA) is 132 Å². The largest absolute Gasteiger partial charge is 0.365 e. The van der Waals surface area contributed by atoms with Crippen molar-refractivity contribution in [3.63, 3.8) is 0 Å². The van der Waals surface area contributed by atoms with Gasteiger partial charge in [-0.15, -0.1) is 11.3 Å². The van der Waals surface area contributed by atoms with Gasteiger partial charge in [0.05, 0.1) is 16.2 Å². The second-order valence-electron chi connectivity index (χ2n) is 5.23. The van der Waals surface area contributed by atoms with Crippen LogP contribution < -0.4 is 11.3 Å². The van der Waals surface area contributed by atoms with E-state index in [4.69, 9.17) is 5.73 Å². The Labute approximate surface area is 145 Å². The van der Waals surface area contributed by atoms with Crippen LogP contribution in [-0.4, -0.2) is 20.8 Å². The fraction of sp³-hybridized carbons (Fsp3) is 0.0625. The van der Waals surface area contributed by atoms with Crippen molar-refractivity contribution >= 4 is 22.9 Å². The number of primary amides is 1. The zero-order valence-electron chi connectivity index (χ0n) is 13.0. The number of benzene rings is 1. The second-order valence-corrected chi connectivity index (χ2v) is 6.09. The summed E-state index contributed by atoms with van der Waals surface area (Å²) in [6.07, 6.45) is 0. The van der Waals surface area contributed by atoms with E-state index in [9.17, 15) is 19.7 Å². The highest BCUT2D eigenvalue weighted by atomic mass is 32.1. The molecular formula is C16H12N4O4S. The molecule has 0 spiro atoms. The van der Waals surface area contributed by atoms with E-state index in [1.165, 1.54) is 23.5 Å². The average Bonchev–Trinajstić information content (AvgIpc) is 3.04. The number of aromatic amines is 1. The molecule has 126 valence electrons. The summed E-state index contributed by atoms with van der Waals surface area (Å²) in [5.41, 5.74) is 6.39. The lowest BCUT2D eigenvalue weighted by atomic mass is 10.1. The fourth-order valence-corrected chi connectivity index (χ4v) is 3.26. The van der Waals surface area contributed by atoms with Crippen LogP contribution in [0.5, 0.6) is 0 Å². The first-order chi connectivity index (χ1) is 11.9. The molecule has 1 amide bonds. The number of carbonyl (C=O) groups excluding carboxylic acids is 1. The molecule has 0 aliphatic rings. The summed E-state index contributed by atoms with van der Waals surface area (Å²) >= 11 is 1.23. The number of nitrogens with two attached hydrogens (primary N) is 1. The standard InChI is InChI=1S/C16H12N4O4S/c1-8-10(6-11(14(17)21)15(22)18-8)12-7-25-16(19-12)9-4-2-3-5-13(9)20(23)24/h2-7H,1H3,(H2,17,21)(H,18,22).